The summed E-state index contributed by atoms with van der Waals surface area (Å²) in [6.45, 7) is 4.97. The Kier molecular flexibility index (Phi) is 8.20. The Morgan fingerprint density at radius 1 is 0.867 bits per heavy atom. The molecule has 1 N–H and O–H groups in total. The molecule has 2 rings (SSSR count). The van der Waals surface area contributed by atoms with Gasteiger partial charge in [-0.15, -0.1) is 0 Å². The average molecular weight is 427 g/mol. The number of hydrogen-bond acceptors (Lipinski definition) is 5. The molecule has 30 heavy (non-hydrogen) atoms. The van der Waals surface area contributed by atoms with Gasteiger partial charge in [-0.25, -0.2) is 0 Å². The lowest BCUT2D eigenvalue weighted by atomic mass is 10.1. The van der Waals surface area contributed by atoms with Gasteiger partial charge in [0, 0.05) is 5.56 Å². The summed E-state index contributed by atoms with van der Waals surface area (Å²) in [5, 5.41) is 2.57. The van der Waals surface area contributed by atoms with Crippen LogP contribution in [-0.2, 0) is 0 Å². The highest BCUT2D eigenvalue weighted by molar-refractivity contribution is 6.05. The van der Waals surface area contributed by atoms with Gasteiger partial charge in [-0.05, 0) is 45.0 Å². The number of ether oxygens (including phenoxy) is 4. The molecule has 2 aromatic carbocycles. The van der Waals surface area contributed by atoms with E-state index in [1.165, 1.54) is 30.3 Å². The molecule has 0 aliphatic heterocycles. The molecular formula is C21H24F3NO5. The first-order valence-corrected chi connectivity index (χ1v) is 9.45. The van der Waals surface area contributed by atoms with Gasteiger partial charge in [-0.2, -0.15) is 13.2 Å². The van der Waals surface area contributed by atoms with Crippen LogP contribution in [0, 0.1) is 0 Å². The number of alkyl halides is 3. The van der Waals surface area contributed by atoms with Crippen LogP contribution in [0.1, 0.15) is 31.1 Å². The maximum Gasteiger partial charge on any atom is 0.422 e. The summed E-state index contributed by atoms with van der Waals surface area (Å²) < 4.78 is 59.0. The van der Waals surface area contributed by atoms with Crippen LogP contribution in [-0.4, -0.2) is 38.5 Å². The molecular weight excluding hydrogens is 403 g/mol. The Bertz CT molecular complexity index is 828. The van der Waals surface area contributed by atoms with E-state index in [4.69, 9.17) is 18.9 Å². The molecule has 6 nitrogen and oxygen atoms in total. The molecule has 0 spiro atoms. The number of carbonyl (C=O) groups excluding carboxylic acids is 1. The van der Waals surface area contributed by atoms with Crippen molar-refractivity contribution in [2.45, 2.75) is 26.9 Å². The van der Waals surface area contributed by atoms with Gasteiger partial charge >= 0.3 is 6.18 Å². The first-order chi connectivity index (χ1) is 14.3. The lowest BCUT2D eigenvalue weighted by Gasteiger charge is -2.17. The van der Waals surface area contributed by atoms with E-state index in [9.17, 15) is 18.0 Å². The predicted octanol–water partition coefficient (Wildman–Crippen LogP) is 5.08. The van der Waals surface area contributed by atoms with Crippen LogP contribution in [0.3, 0.4) is 0 Å². The van der Waals surface area contributed by atoms with Crippen molar-refractivity contribution < 1.29 is 36.9 Å². The number of carbonyl (C=O) groups is 1. The van der Waals surface area contributed by atoms with Gasteiger partial charge in [-0.3, -0.25) is 4.79 Å². The molecule has 0 fully saturated rings. The Morgan fingerprint density at radius 2 is 1.43 bits per heavy atom. The summed E-state index contributed by atoms with van der Waals surface area (Å²) in [5.41, 5.74) is 0.299. The number of para-hydroxylation sites is 2. The molecule has 164 valence electrons. The third kappa shape index (κ3) is 6.47. The monoisotopic (exact) mass is 427 g/mol. The van der Waals surface area contributed by atoms with E-state index in [-0.39, 0.29) is 17.0 Å². The molecule has 0 bridgehead atoms. The van der Waals surface area contributed by atoms with Crippen molar-refractivity contribution >= 4 is 11.6 Å². The fourth-order valence-electron chi connectivity index (χ4n) is 2.57. The van der Waals surface area contributed by atoms with Crippen molar-refractivity contribution in [3.8, 4) is 23.0 Å². The van der Waals surface area contributed by atoms with Gasteiger partial charge in [-0.1, -0.05) is 12.1 Å². The van der Waals surface area contributed by atoms with E-state index in [2.05, 4.69) is 5.32 Å². The molecule has 0 unspecified atom stereocenters. The summed E-state index contributed by atoms with van der Waals surface area (Å²) in [6.07, 6.45) is -4.50. The number of hydrogen-bond donors (Lipinski definition) is 1. The molecule has 0 heterocycles. The SMILES string of the molecule is CCOc1cc(C(=O)Nc2ccccc2OCC(F)(F)F)cc(OCC)c1OCC. The molecule has 0 saturated heterocycles. The molecule has 0 aromatic heterocycles. The van der Waals surface area contributed by atoms with Crippen LogP contribution >= 0.6 is 0 Å². The predicted molar refractivity (Wildman–Crippen MR) is 106 cm³/mol. The molecule has 0 saturated carbocycles. The second-order valence-corrected chi connectivity index (χ2v) is 5.95. The number of halogens is 3. The highest BCUT2D eigenvalue weighted by Gasteiger charge is 2.29. The zero-order valence-corrected chi connectivity index (χ0v) is 17.0. The number of benzene rings is 2. The van der Waals surface area contributed by atoms with Gasteiger partial charge in [0.15, 0.2) is 18.1 Å². The molecule has 9 heteroatoms. The third-order valence-corrected chi connectivity index (χ3v) is 3.70. The lowest BCUT2D eigenvalue weighted by molar-refractivity contribution is -0.153. The fourth-order valence-corrected chi connectivity index (χ4v) is 2.57. The zero-order valence-electron chi connectivity index (χ0n) is 17.0. The van der Waals surface area contributed by atoms with E-state index in [0.29, 0.717) is 37.1 Å². The van der Waals surface area contributed by atoms with Gasteiger partial charge in [0.2, 0.25) is 5.75 Å². The second-order valence-electron chi connectivity index (χ2n) is 5.95. The standard InChI is InChI=1S/C21H24F3NO5/c1-4-27-17-11-14(12-18(28-5-2)19(17)29-6-3)20(26)25-15-9-7-8-10-16(15)30-13-21(22,23)24/h7-12H,4-6,13H2,1-3H3,(H,25,26). The number of nitrogens with one attached hydrogen (secondary N) is 1. The molecule has 0 atom stereocenters. The third-order valence-electron chi connectivity index (χ3n) is 3.70. The van der Waals surface area contributed by atoms with Gasteiger partial charge in [0.25, 0.3) is 5.91 Å². The normalized spacial score (nSPS) is 11.0. The molecule has 0 aliphatic rings. The number of anilines is 1. The van der Waals surface area contributed by atoms with E-state index < -0.39 is 18.7 Å². The number of amides is 1. The lowest BCUT2D eigenvalue weighted by Crippen LogP contribution is -2.20. The largest absolute Gasteiger partial charge is 0.490 e. The summed E-state index contributed by atoms with van der Waals surface area (Å²) in [7, 11) is 0. The topological polar surface area (TPSA) is 66.0 Å². The highest BCUT2D eigenvalue weighted by atomic mass is 19.4. The van der Waals surface area contributed by atoms with E-state index in [1.807, 2.05) is 6.92 Å². The zero-order chi connectivity index (χ0) is 22.1. The van der Waals surface area contributed by atoms with Crippen molar-refractivity contribution in [1.82, 2.24) is 0 Å². The van der Waals surface area contributed by atoms with Crippen LogP contribution in [0.25, 0.3) is 0 Å². The van der Waals surface area contributed by atoms with E-state index in [0.717, 1.165) is 0 Å². The smallest absolute Gasteiger partial charge is 0.422 e. The average Bonchev–Trinajstić information content (AvgIpc) is 2.69. The van der Waals surface area contributed by atoms with Crippen molar-refractivity contribution in [2.75, 3.05) is 31.7 Å². The minimum absolute atomic E-state index is 0.0934. The second kappa shape index (κ2) is 10.6. The van der Waals surface area contributed by atoms with E-state index in [1.54, 1.807) is 19.9 Å². The van der Waals surface area contributed by atoms with E-state index >= 15 is 0 Å². The van der Waals surface area contributed by atoms with Crippen LogP contribution < -0.4 is 24.3 Å². The Morgan fingerprint density at radius 3 is 1.97 bits per heavy atom. The number of rotatable bonds is 10. The molecule has 1 amide bonds. The molecule has 0 radical (unpaired) electrons. The van der Waals surface area contributed by atoms with Crippen LogP contribution in [0.5, 0.6) is 23.0 Å². The molecule has 0 aliphatic carbocycles. The van der Waals surface area contributed by atoms with Crippen molar-refractivity contribution in [2.24, 2.45) is 0 Å². The Balaban J connectivity index is 2.33. The Hall–Kier alpha value is -3.10. The summed E-state index contributed by atoms with van der Waals surface area (Å²) in [5.74, 6) is 0.382. The maximum atomic E-state index is 12.8. The van der Waals surface area contributed by atoms with Crippen LogP contribution in [0.2, 0.25) is 0 Å². The van der Waals surface area contributed by atoms with Crippen molar-refractivity contribution in [3.63, 3.8) is 0 Å². The molecule has 2 aromatic rings. The summed E-state index contributed by atoms with van der Waals surface area (Å²) in [6, 6.07) is 8.86. The van der Waals surface area contributed by atoms with Gasteiger partial charge in [0.05, 0.1) is 25.5 Å². The van der Waals surface area contributed by atoms with Gasteiger partial charge in [0.1, 0.15) is 5.75 Å². The minimum Gasteiger partial charge on any atom is -0.490 e. The van der Waals surface area contributed by atoms with Crippen LogP contribution in [0.4, 0.5) is 18.9 Å². The van der Waals surface area contributed by atoms with Gasteiger partial charge < -0.3 is 24.3 Å². The van der Waals surface area contributed by atoms with Crippen molar-refractivity contribution in [1.29, 1.82) is 0 Å². The highest BCUT2D eigenvalue weighted by Crippen LogP contribution is 2.39. The van der Waals surface area contributed by atoms with Crippen molar-refractivity contribution in [3.05, 3.63) is 42.0 Å². The first-order valence-electron chi connectivity index (χ1n) is 9.45. The minimum atomic E-state index is -4.50. The fraction of sp³-hybridized carbons (Fsp3) is 0.381. The maximum absolute atomic E-state index is 12.8. The summed E-state index contributed by atoms with van der Waals surface area (Å²) in [4.78, 5) is 12.8. The van der Waals surface area contributed by atoms with Crippen LogP contribution in [0.15, 0.2) is 36.4 Å². The Labute approximate surface area is 172 Å². The summed E-state index contributed by atoms with van der Waals surface area (Å²) >= 11 is 0. The first kappa shape index (κ1) is 23.2. The quantitative estimate of drug-likeness (QED) is 0.573.